The van der Waals surface area contributed by atoms with Gasteiger partial charge in [-0.15, -0.1) is 0 Å². The molecule has 1 spiro atoms. The van der Waals surface area contributed by atoms with Crippen molar-refractivity contribution in [2.24, 2.45) is 0 Å². The number of carbonyl (C=O) groups is 1. The summed E-state index contributed by atoms with van der Waals surface area (Å²) in [5.41, 5.74) is 0.250. The first kappa shape index (κ1) is 19.2. The topological polar surface area (TPSA) is 114 Å². The number of nitrogens with one attached hydrogen (secondary N) is 4. The molecule has 8 nitrogen and oxygen atoms in total. The van der Waals surface area contributed by atoms with Crippen LogP contribution in [-0.2, 0) is 10.0 Å². The number of rotatable bonds is 4. The molecule has 0 radical (unpaired) electrons. The number of sulfonamides is 1. The van der Waals surface area contributed by atoms with Crippen molar-refractivity contribution in [1.29, 1.82) is 5.41 Å². The third-order valence-electron chi connectivity index (χ3n) is 6.07. The molecule has 1 aliphatic carbocycles. The van der Waals surface area contributed by atoms with E-state index in [0.717, 1.165) is 38.5 Å². The van der Waals surface area contributed by atoms with Gasteiger partial charge in [0.2, 0.25) is 10.0 Å². The van der Waals surface area contributed by atoms with Gasteiger partial charge in [0, 0.05) is 31.2 Å². The van der Waals surface area contributed by atoms with Crippen LogP contribution in [0.2, 0.25) is 0 Å². The van der Waals surface area contributed by atoms with Crippen molar-refractivity contribution in [2.75, 3.05) is 19.6 Å². The molecule has 4 N–H and O–H groups in total. The first-order chi connectivity index (χ1) is 13.4. The summed E-state index contributed by atoms with van der Waals surface area (Å²) >= 11 is 0. The van der Waals surface area contributed by atoms with Gasteiger partial charge in [-0.2, -0.15) is 0 Å². The first-order valence-corrected chi connectivity index (χ1v) is 11.4. The zero-order valence-corrected chi connectivity index (χ0v) is 16.6. The molecule has 1 amide bonds. The number of amides is 1. The summed E-state index contributed by atoms with van der Waals surface area (Å²) in [7, 11) is -3.62. The third kappa shape index (κ3) is 3.86. The molecule has 0 atom stereocenters. The normalized spacial score (nSPS) is 22.3. The molecular weight excluding hydrogens is 378 g/mol. The van der Waals surface area contributed by atoms with E-state index in [9.17, 15) is 13.2 Å². The predicted molar refractivity (Wildman–Crippen MR) is 106 cm³/mol. The van der Waals surface area contributed by atoms with Gasteiger partial charge in [-0.1, -0.05) is 18.9 Å². The van der Waals surface area contributed by atoms with E-state index in [-0.39, 0.29) is 22.4 Å². The molecular formula is C19H27N5O3S. The van der Waals surface area contributed by atoms with E-state index >= 15 is 0 Å². The van der Waals surface area contributed by atoms with Crippen LogP contribution in [0.4, 0.5) is 0 Å². The Kier molecular flexibility index (Phi) is 5.05. The summed E-state index contributed by atoms with van der Waals surface area (Å²) in [5.74, 6) is 0.196. The maximum atomic E-state index is 12.9. The third-order valence-corrected chi connectivity index (χ3v) is 7.59. The number of nitrogens with zero attached hydrogens (tertiary/aromatic N) is 1. The number of likely N-dealkylation sites (tertiary alicyclic amines) is 1. The van der Waals surface area contributed by atoms with Crippen molar-refractivity contribution < 1.29 is 13.2 Å². The molecule has 1 aromatic carbocycles. The van der Waals surface area contributed by atoms with Gasteiger partial charge >= 0.3 is 0 Å². The lowest BCUT2D eigenvalue weighted by atomic mass is 9.88. The van der Waals surface area contributed by atoms with Crippen LogP contribution in [0, 0.1) is 5.41 Å². The van der Waals surface area contributed by atoms with Crippen LogP contribution in [0.15, 0.2) is 29.2 Å². The lowest BCUT2D eigenvalue weighted by Crippen LogP contribution is -2.53. The van der Waals surface area contributed by atoms with Gasteiger partial charge in [0.15, 0.2) is 5.96 Å². The van der Waals surface area contributed by atoms with E-state index in [2.05, 4.69) is 15.4 Å². The number of hydrogen-bond donors (Lipinski definition) is 4. The van der Waals surface area contributed by atoms with Crippen molar-refractivity contribution in [3.63, 3.8) is 0 Å². The molecule has 2 heterocycles. The standard InChI is InChI=1S/C19H27N5O3S/c20-18-21-13-19(22-18)8-10-24(11-9-19)17(25)14-4-3-7-16(12-14)28(26,27)23-15-5-1-2-6-15/h3-4,7,12,15,23H,1-2,5-6,8-11,13H2,(H3,20,21,22). The number of benzene rings is 1. The van der Waals surface area contributed by atoms with Gasteiger partial charge < -0.3 is 15.5 Å². The van der Waals surface area contributed by atoms with Crippen LogP contribution in [0.25, 0.3) is 0 Å². The summed E-state index contributed by atoms with van der Waals surface area (Å²) in [6.07, 6.45) is 5.35. The van der Waals surface area contributed by atoms with Crippen molar-refractivity contribution in [1.82, 2.24) is 20.3 Å². The average Bonchev–Trinajstić information content (AvgIpc) is 3.31. The fourth-order valence-electron chi connectivity index (χ4n) is 4.36. The van der Waals surface area contributed by atoms with Crippen LogP contribution in [0.5, 0.6) is 0 Å². The molecule has 9 heteroatoms. The molecule has 2 saturated heterocycles. The van der Waals surface area contributed by atoms with Gasteiger partial charge in [0.05, 0.1) is 10.4 Å². The Hall–Kier alpha value is -2.13. The fourth-order valence-corrected chi connectivity index (χ4v) is 5.71. The molecule has 2 aliphatic heterocycles. The van der Waals surface area contributed by atoms with Gasteiger partial charge in [0.25, 0.3) is 5.91 Å². The fraction of sp³-hybridized carbons (Fsp3) is 0.579. The largest absolute Gasteiger partial charge is 0.354 e. The van der Waals surface area contributed by atoms with Crippen molar-refractivity contribution in [3.05, 3.63) is 29.8 Å². The van der Waals surface area contributed by atoms with Gasteiger partial charge in [-0.05, 0) is 43.9 Å². The lowest BCUT2D eigenvalue weighted by molar-refractivity contribution is 0.0668. The summed E-state index contributed by atoms with van der Waals surface area (Å²) in [5, 5.41) is 13.9. The van der Waals surface area contributed by atoms with Crippen molar-refractivity contribution in [2.45, 2.75) is 55.0 Å². The van der Waals surface area contributed by atoms with Gasteiger partial charge in [-0.3, -0.25) is 10.2 Å². The maximum Gasteiger partial charge on any atom is 0.253 e. The van der Waals surface area contributed by atoms with E-state index in [0.29, 0.717) is 31.2 Å². The van der Waals surface area contributed by atoms with Crippen LogP contribution in [-0.4, -0.2) is 56.4 Å². The lowest BCUT2D eigenvalue weighted by Gasteiger charge is -2.38. The van der Waals surface area contributed by atoms with Crippen LogP contribution < -0.4 is 15.4 Å². The predicted octanol–water partition coefficient (Wildman–Crippen LogP) is 1.01. The summed E-state index contributed by atoms with van der Waals surface area (Å²) < 4.78 is 28.1. The van der Waals surface area contributed by atoms with Crippen LogP contribution in [0.3, 0.4) is 0 Å². The van der Waals surface area contributed by atoms with E-state index in [1.807, 2.05) is 0 Å². The minimum Gasteiger partial charge on any atom is -0.354 e. The Morgan fingerprint density at radius 3 is 2.57 bits per heavy atom. The Balaban J connectivity index is 1.44. The smallest absolute Gasteiger partial charge is 0.253 e. The molecule has 4 rings (SSSR count). The minimum atomic E-state index is -3.62. The second kappa shape index (κ2) is 7.36. The van der Waals surface area contributed by atoms with Gasteiger partial charge in [0.1, 0.15) is 0 Å². The highest BCUT2D eigenvalue weighted by Crippen LogP contribution is 2.26. The van der Waals surface area contributed by atoms with Crippen molar-refractivity contribution in [3.8, 4) is 0 Å². The number of hydrogen-bond acceptors (Lipinski definition) is 4. The molecule has 0 aromatic heterocycles. The van der Waals surface area contributed by atoms with E-state index in [1.54, 1.807) is 23.1 Å². The number of carbonyl (C=O) groups excluding carboxylic acids is 1. The summed E-state index contributed by atoms with van der Waals surface area (Å²) in [4.78, 5) is 14.8. The molecule has 3 aliphatic rings. The Bertz CT molecular complexity index is 871. The van der Waals surface area contributed by atoms with Crippen molar-refractivity contribution >= 4 is 21.9 Å². The highest BCUT2D eigenvalue weighted by Gasteiger charge is 2.40. The minimum absolute atomic E-state index is 0.00565. The number of piperidine rings is 1. The second-order valence-corrected chi connectivity index (χ2v) is 9.77. The zero-order valence-electron chi connectivity index (χ0n) is 15.8. The van der Waals surface area contributed by atoms with E-state index < -0.39 is 10.0 Å². The SMILES string of the molecule is N=C1NCC2(CCN(C(=O)c3cccc(S(=O)(=O)NC4CCCC4)c3)CC2)N1. The van der Waals surface area contributed by atoms with Gasteiger partial charge in [-0.25, -0.2) is 13.1 Å². The summed E-state index contributed by atoms with van der Waals surface area (Å²) in [6.45, 7) is 1.87. The molecule has 1 saturated carbocycles. The Labute approximate surface area is 165 Å². The molecule has 152 valence electrons. The van der Waals surface area contributed by atoms with Crippen LogP contribution >= 0.6 is 0 Å². The quantitative estimate of drug-likeness (QED) is 0.597. The second-order valence-electron chi connectivity index (χ2n) is 8.06. The highest BCUT2D eigenvalue weighted by molar-refractivity contribution is 7.89. The Morgan fingerprint density at radius 1 is 1.21 bits per heavy atom. The molecule has 0 bridgehead atoms. The first-order valence-electron chi connectivity index (χ1n) is 9.89. The number of guanidine groups is 1. The zero-order chi connectivity index (χ0) is 19.8. The molecule has 3 fully saturated rings. The average molecular weight is 406 g/mol. The molecule has 28 heavy (non-hydrogen) atoms. The van der Waals surface area contributed by atoms with E-state index in [1.165, 1.54) is 6.07 Å². The van der Waals surface area contributed by atoms with E-state index in [4.69, 9.17) is 5.41 Å². The van der Waals surface area contributed by atoms with Crippen LogP contribution in [0.1, 0.15) is 48.9 Å². The summed E-state index contributed by atoms with van der Waals surface area (Å²) in [6, 6.07) is 6.32. The maximum absolute atomic E-state index is 12.9. The molecule has 1 aromatic rings. The molecule has 0 unspecified atom stereocenters. The monoisotopic (exact) mass is 405 g/mol. The highest BCUT2D eigenvalue weighted by atomic mass is 32.2. The Morgan fingerprint density at radius 2 is 1.93 bits per heavy atom.